The van der Waals surface area contributed by atoms with Crippen molar-refractivity contribution < 1.29 is 4.74 Å². The summed E-state index contributed by atoms with van der Waals surface area (Å²) in [6, 6.07) is 0. The first-order valence-corrected chi connectivity index (χ1v) is 4.60. The number of nitrogens with two attached hydrogens (primary N) is 1. The monoisotopic (exact) mass is 195 g/mol. The molecule has 6 heteroatoms. The van der Waals surface area contributed by atoms with Crippen molar-refractivity contribution in [2.75, 3.05) is 30.3 Å². The van der Waals surface area contributed by atoms with E-state index in [1.165, 1.54) is 6.33 Å². The first-order chi connectivity index (χ1) is 6.79. The molecule has 2 heterocycles. The number of hydrogen-bond acceptors (Lipinski definition) is 6. The van der Waals surface area contributed by atoms with E-state index in [-0.39, 0.29) is 5.95 Å². The molecule has 1 aromatic heterocycles. The van der Waals surface area contributed by atoms with Crippen LogP contribution in [0.1, 0.15) is 6.92 Å². The van der Waals surface area contributed by atoms with Crippen LogP contribution in [0.4, 0.5) is 11.9 Å². The molecule has 1 aliphatic heterocycles. The van der Waals surface area contributed by atoms with Crippen LogP contribution in [0.5, 0.6) is 0 Å². The van der Waals surface area contributed by atoms with Crippen LogP contribution in [-0.2, 0) is 4.74 Å². The summed E-state index contributed by atoms with van der Waals surface area (Å²) in [5.41, 5.74) is 5.45. The predicted molar refractivity (Wildman–Crippen MR) is 51.9 cm³/mol. The van der Waals surface area contributed by atoms with E-state index in [1.54, 1.807) is 0 Å². The molecule has 2 N–H and O–H groups in total. The van der Waals surface area contributed by atoms with Crippen molar-refractivity contribution in [1.29, 1.82) is 0 Å². The highest BCUT2D eigenvalue weighted by Gasteiger charge is 2.28. The lowest BCUT2D eigenvalue weighted by Gasteiger charge is -2.38. The van der Waals surface area contributed by atoms with Gasteiger partial charge in [0.2, 0.25) is 11.9 Å². The molecule has 1 fully saturated rings. The summed E-state index contributed by atoms with van der Waals surface area (Å²) < 4.78 is 5.42. The molecule has 1 aromatic rings. The highest BCUT2D eigenvalue weighted by atomic mass is 16.5. The molecule has 2 rings (SSSR count). The lowest BCUT2D eigenvalue weighted by atomic mass is 10.2. The fraction of sp³-hybridized carbons (Fsp3) is 0.625. The van der Waals surface area contributed by atoms with E-state index in [0.29, 0.717) is 12.1 Å². The van der Waals surface area contributed by atoms with E-state index < -0.39 is 0 Å². The van der Waals surface area contributed by atoms with Gasteiger partial charge in [-0.3, -0.25) is 0 Å². The van der Waals surface area contributed by atoms with Crippen LogP contribution in [0.2, 0.25) is 0 Å². The highest BCUT2D eigenvalue weighted by molar-refractivity contribution is 5.36. The SMILES string of the molecule is CCOC1CN(c2ncnc(N)n2)C1. The lowest BCUT2D eigenvalue weighted by Crippen LogP contribution is -2.53. The van der Waals surface area contributed by atoms with Crippen molar-refractivity contribution in [3.05, 3.63) is 6.33 Å². The Kier molecular flexibility index (Phi) is 2.45. The van der Waals surface area contributed by atoms with Crippen molar-refractivity contribution >= 4 is 11.9 Å². The van der Waals surface area contributed by atoms with Gasteiger partial charge in [0, 0.05) is 19.7 Å². The molecule has 6 nitrogen and oxygen atoms in total. The fourth-order valence-electron chi connectivity index (χ4n) is 1.39. The van der Waals surface area contributed by atoms with Crippen LogP contribution < -0.4 is 10.6 Å². The molecule has 0 radical (unpaired) electrons. The first-order valence-electron chi connectivity index (χ1n) is 4.60. The van der Waals surface area contributed by atoms with Crippen molar-refractivity contribution in [1.82, 2.24) is 15.0 Å². The zero-order valence-corrected chi connectivity index (χ0v) is 8.05. The number of nitrogen functional groups attached to an aromatic ring is 1. The Hall–Kier alpha value is -1.43. The van der Waals surface area contributed by atoms with Crippen LogP contribution in [0, 0.1) is 0 Å². The summed E-state index contributed by atoms with van der Waals surface area (Å²) >= 11 is 0. The number of aromatic nitrogens is 3. The molecule has 76 valence electrons. The molecule has 0 bridgehead atoms. The standard InChI is InChI=1S/C8H13N5O/c1-2-14-6-3-13(4-6)8-11-5-10-7(9)12-8/h5-6H,2-4H2,1H3,(H2,9,10,11,12). The van der Waals surface area contributed by atoms with Gasteiger partial charge in [-0.1, -0.05) is 0 Å². The van der Waals surface area contributed by atoms with Crippen molar-refractivity contribution in [3.8, 4) is 0 Å². The third kappa shape index (κ3) is 1.74. The summed E-state index contributed by atoms with van der Waals surface area (Å²) in [4.78, 5) is 13.8. The molecular weight excluding hydrogens is 182 g/mol. The van der Waals surface area contributed by atoms with Crippen molar-refractivity contribution in [3.63, 3.8) is 0 Å². The Morgan fingerprint density at radius 3 is 3.00 bits per heavy atom. The van der Waals surface area contributed by atoms with Gasteiger partial charge in [-0.15, -0.1) is 0 Å². The largest absolute Gasteiger partial charge is 0.375 e. The summed E-state index contributed by atoms with van der Waals surface area (Å²) in [7, 11) is 0. The van der Waals surface area contributed by atoms with Crippen LogP contribution in [0.3, 0.4) is 0 Å². The Morgan fingerprint density at radius 1 is 1.57 bits per heavy atom. The lowest BCUT2D eigenvalue weighted by molar-refractivity contribution is 0.0423. The van der Waals surface area contributed by atoms with Gasteiger partial charge in [0.1, 0.15) is 6.33 Å². The maximum Gasteiger partial charge on any atom is 0.230 e. The molecule has 0 atom stereocenters. The minimum absolute atomic E-state index is 0.259. The molecule has 0 aliphatic carbocycles. The van der Waals surface area contributed by atoms with E-state index in [4.69, 9.17) is 10.5 Å². The van der Waals surface area contributed by atoms with Gasteiger partial charge in [-0.05, 0) is 6.92 Å². The molecule has 1 saturated heterocycles. The molecule has 14 heavy (non-hydrogen) atoms. The quantitative estimate of drug-likeness (QED) is 0.712. The van der Waals surface area contributed by atoms with Gasteiger partial charge in [-0.25, -0.2) is 9.97 Å². The van der Waals surface area contributed by atoms with Crippen LogP contribution in [-0.4, -0.2) is 40.8 Å². The zero-order valence-electron chi connectivity index (χ0n) is 8.05. The Morgan fingerprint density at radius 2 is 2.36 bits per heavy atom. The van der Waals surface area contributed by atoms with E-state index in [2.05, 4.69) is 15.0 Å². The first kappa shape index (κ1) is 9.14. The summed E-state index contributed by atoms with van der Waals surface area (Å²) in [5, 5.41) is 0. The molecule has 0 spiro atoms. The average Bonchev–Trinajstić information content (AvgIpc) is 2.10. The number of ether oxygens (including phenoxy) is 1. The third-order valence-corrected chi connectivity index (χ3v) is 2.11. The summed E-state index contributed by atoms with van der Waals surface area (Å²) in [5.74, 6) is 0.892. The van der Waals surface area contributed by atoms with Gasteiger partial charge < -0.3 is 15.4 Å². The smallest absolute Gasteiger partial charge is 0.230 e. The van der Waals surface area contributed by atoms with E-state index in [9.17, 15) is 0 Å². The number of nitrogens with zero attached hydrogens (tertiary/aromatic N) is 4. The highest BCUT2D eigenvalue weighted by Crippen LogP contribution is 2.17. The second kappa shape index (κ2) is 3.75. The summed E-state index contributed by atoms with van der Waals surface area (Å²) in [6.45, 7) is 4.40. The fourth-order valence-corrected chi connectivity index (χ4v) is 1.39. The van der Waals surface area contributed by atoms with Gasteiger partial charge in [0.15, 0.2) is 0 Å². The predicted octanol–water partition coefficient (Wildman–Crippen LogP) is -0.321. The van der Waals surface area contributed by atoms with E-state index in [1.807, 2.05) is 11.8 Å². The van der Waals surface area contributed by atoms with Crippen molar-refractivity contribution in [2.24, 2.45) is 0 Å². The minimum Gasteiger partial charge on any atom is -0.375 e. The van der Waals surface area contributed by atoms with Crippen LogP contribution in [0.15, 0.2) is 6.33 Å². The molecule has 0 saturated carbocycles. The number of anilines is 2. The Balaban J connectivity index is 1.93. The molecule has 0 amide bonds. The number of hydrogen-bond donors (Lipinski definition) is 1. The molecule has 0 aromatic carbocycles. The van der Waals surface area contributed by atoms with Crippen LogP contribution >= 0.6 is 0 Å². The Labute approximate surface area is 82.1 Å². The maximum absolute atomic E-state index is 5.45. The number of rotatable bonds is 3. The second-order valence-corrected chi connectivity index (χ2v) is 3.13. The van der Waals surface area contributed by atoms with E-state index >= 15 is 0 Å². The molecule has 1 aliphatic rings. The maximum atomic E-state index is 5.45. The molecular formula is C8H13N5O. The minimum atomic E-state index is 0.259. The van der Waals surface area contributed by atoms with Gasteiger partial charge in [0.05, 0.1) is 6.10 Å². The van der Waals surface area contributed by atoms with Crippen LogP contribution in [0.25, 0.3) is 0 Å². The van der Waals surface area contributed by atoms with E-state index in [0.717, 1.165) is 19.7 Å². The van der Waals surface area contributed by atoms with Gasteiger partial charge >= 0.3 is 0 Å². The summed E-state index contributed by atoms with van der Waals surface area (Å²) in [6.07, 6.45) is 1.73. The van der Waals surface area contributed by atoms with Crippen molar-refractivity contribution in [2.45, 2.75) is 13.0 Å². The third-order valence-electron chi connectivity index (χ3n) is 2.11. The topological polar surface area (TPSA) is 77.2 Å². The second-order valence-electron chi connectivity index (χ2n) is 3.13. The normalized spacial score (nSPS) is 16.8. The average molecular weight is 195 g/mol. The molecule has 0 unspecified atom stereocenters. The van der Waals surface area contributed by atoms with Gasteiger partial charge in [0.25, 0.3) is 0 Å². The van der Waals surface area contributed by atoms with Gasteiger partial charge in [-0.2, -0.15) is 4.98 Å². The zero-order chi connectivity index (χ0) is 9.97. The Bertz CT molecular complexity index is 312.